The van der Waals surface area contributed by atoms with Gasteiger partial charge >= 0.3 is 0 Å². The normalized spacial score (nSPS) is 19.9. The number of nitrogens with two attached hydrogens (primary N) is 1. The van der Waals surface area contributed by atoms with Crippen LogP contribution in [0.3, 0.4) is 0 Å². The summed E-state index contributed by atoms with van der Waals surface area (Å²) in [5.41, 5.74) is 7.96. The summed E-state index contributed by atoms with van der Waals surface area (Å²) in [5.74, 6) is -0.415. The molecule has 0 saturated carbocycles. The Bertz CT molecular complexity index is 406. The topological polar surface area (TPSA) is 49.8 Å². The van der Waals surface area contributed by atoms with Gasteiger partial charge in [0.1, 0.15) is 11.9 Å². The number of benzene rings is 1. The lowest BCUT2D eigenvalue weighted by molar-refractivity contribution is 0.565. The first-order valence-electron chi connectivity index (χ1n) is 4.67. The number of halogens is 1. The van der Waals surface area contributed by atoms with Gasteiger partial charge in [-0.2, -0.15) is 5.26 Å². The van der Waals surface area contributed by atoms with Crippen molar-refractivity contribution in [1.29, 1.82) is 5.26 Å². The largest absolute Gasteiger partial charge is 0.327 e. The SMILES string of the molecule is N#Cc1cc2c(cc1F)CC[C@H](N)C2. The number of hydrogen-bond acceptors (Lipinski definition) is 2. The predicted octanol–water partition coefficient (Wildman–Crippen LogP) is 1.51. The Kier molecular flexibility index (Phi) is 2.22. The molecule has 0 radical (unpaired) electrons. The van der Waals surface area contributed by atoms with Crippen molar-refractivity contribution in [2.24, 2.45) is 5.73 Å². The van der Waals surface area contributed by atoms with Gasteiger partial charge in [0.25, 0.3) is 0 Å². The molecule has 1 aromatic rings. The Morgan fingerprint density at radius 2 is 2.21 bits per heavy atom. The van der Waals surface area contributed by atoms with Gasteiger partial charge < -0.3 is 5.73 Å². The average Bonchev–Trinajstić information content (AvgIpc) is 2.17. The summed E-state index contributed by atoms with van der Waals surface area (Å²) in [7, 11) is 0. The standard InChI is InChI=1S/C11H11FN2/c12-11-5-7-1-2-10(14)4-8(7)3-9(11)6-13/h3,5,10H,1-2,4,14H2/t10-/m0/s1. The molecule has 14 heavy (non-hydrogen) atoms. The van der Waals surface area contributed by atoms with Crippen LogP contribution in [0.2, 0.25) is 0 Å². The van der Waals surface area contributed by atoms with Gasteiger partial charge in [-0.25, -0.2) is 4.39 Å². The van der Waals surface area contributed by atoms with E-state index in [4.69, 9.17) is 11.0 Å². The quantitative estimate of drug-likeness (QED) is 0.674. The third-order valence-corrected chi connectivity index (χ3v) is 2.68. The molecule has 0 heterocycles. The fraction of sp³-hybridized carbons (Fsp3) is 0.364. The smallest absolute Gasteiger partial charge is 0.141 e. The second-order valence-electron chi connectivity index (χ2n) is 3.72. The number of fused-ring (bicyclic) bond motifs is 1. The van der Waals surface area contributed by atoms with Gasteiger partial charge in [-0.1, -0.05) is 0 Å². The Morgan fingerprint density at radius 3 is 2.93 bits per heavy atom. The van der Waals surface area contributed by atoms with Crippen LogP contribution in [0.1, 0.15) is 23.1 Å². The Morgan fingerprint density at radius 1 is 1.43 bits per heavy atom. The molecule has 3 heteroatoms. The van der Waals surface area contributed by atoms with Crippen LogP contribution in [0.4, 0.5) is 4.39 Å². The molecule has 72 valence electrons. The fourth-order valence-corrected chi connectivity index (χ4v) is 1.89. The van der Waals surface area contributed by atoms with Crippen molar-refractivity contribution < 1.29 is 4.39 Å². The summed E-state index contributed by atoms with van der Waals surface area (Å²) in [6.45, 7) is 0. The first-order chi connectivity index (χ1) is 6.70. The summed E-state index contributed by atoms with van der Waals surface area (Å²) < 4.78 is 13.2. The number of hydrogen-bond donors (Lipinski definition) is 1. The van der Waals surface area contributed by atoms with Crippen molar-refractivity contribution >= 4 is 0 Å². The maximum atomic E-state index is 13.2. The molecule has 0 aromatic heterocycles. The number of nitriles is 1. The highest BCUT2D eigenvalue weighted by Crippen LogP contribution is 2.23. The summed E-state index contributed by atoms with van der Waals surface area (Å²) in [6, 6.07) is 5.10. The molecule has 0 spiro atoms. The van der Waals surface area contributed by atoms with Crippen LogP contribution in [0.5, 0.6) is 0 Å². The van der Waals surface area contributed by atoms with E-state index in [0.29, 0.717) is 0 Å². The van der Waals surface area contributed by atoms with Gasteiger partial charge in [0, 0.05) is 6.04 Å². The molecule has 0 aliphatic heterocycles. The Balaban J connectivity index is 2.47. The van der Waals surface area contributed by atoms with Crippen LogP contribution >= 0.6 is 0 Å². The highest BCUT2D eigenvalue weighted by molar-refractivity contribution is 5.41. The summed E-state index contributed by atoms with van der Waals surface area (Å²) in [4.78, 5) is 0. The minimum absolute atomic E-state index is 0.123. The van der Waals surface area contributed by atoms with E-state index in [-0.39, 0.29) is 11.6 Å². The van der Waals surface area contributed by atoms with Crippen LogP contribution in [0.15, 0.2) is 12.1 Å². The molecule has 2 nitrogen and oxygen atoms in total. The van der Waals surface area contributed by atoms with E-state index < -0.39 is 5.82 Å². The third-order valence-electron chi connectivity index (χ3n) is 2.68. The fourth-order valence-electron chi connectivity index (χ4n) is 1.89. The highest BCUT2D eigenvalue weighted by Gasteiger charge is 2.17. The first-order valence-corrected chi connectivity index (χ1v) is 4.67. The van der Waals surface area contributed by atoms with Crippen molar-refractivity contribution in [2.75, 3.05) is 0 Å². The predicted molar refractivity (Wildman–Crippen MR) is 51.1 cm³/mol. The van der Waals surface area contributed by atoms with Gasteiger partial charge in [-0.3, -0.25) is 0 Å². The lowest BCUT2D eigenvalue weighted by Gasteiger charge is -2.21. The molecule has 1 atom stereocenters. The maximum absolute atomic E-state index is 13.2. The lowest BCUT2D eigenvalue weighted by atomic mass is 9.87. The van der Waals surface area contributed by atoms with Gasteiger partial charge in [0.2, 0.25) is 0 Å². The van der Waals surface area contributed by atoms with E-state index in [1.54, 1.807) is 6.07 Å². The molecule has 0 saturated heterocycles. The summed E-state index contributed by atoms with van der Waals surface area (Å²) in [5, 5.41) is 8.66. The first kappa shape index (κ1) is 9.17. The van der Waals surface area contributed by atoms with Crippen LogP contribution in [0.25, 0.3) is 0 Å². The summed E-state index contributed by atoms with van der Waals surface area (Å²) in [6.07, 6.45) is 2.47. The minimum atomic E-state index is -0.415. The van der Waals surface area contributed by atoms with E-state index >= 15 is 0 Å². The van der Waals surface area contributed by atoms with E-state index in [0.717, 1.165) is 30.4 Å². The van der Waals surface area contributed by atoms with Gasteiger partial charge in [-0.05, 0) is 42.5 Å². The van der Waals surface area contributed by atoms with E-state index in [1.165, 1.54) is 6.07 Å². The molecular formula is C11H11FN2. The number of rotatable bonds is 0. The molecule has 0 amide bonds. The molecule has 1 aliphatic rings. The summed E-state index contributed by atoms with van der Waals surface area (Å²) >= 11 is 0. The molecular weight excluding hydrogens is 179 g/mol. The molecule has 0 bridgehead atoms. The maximum Gasteiger partial charge on any atom is 0.141 e. The van der Waals surface area contributed by atoms with E-state index in [9.17, 15) is 4.39 Å². The monoisotopic (exact) mass is 190 g/mol. The second kappa shape index (κ2) is 3.39. The Labute approximate surface area is 82.1 Å². The molecule has 0 unspecified atom stereocenters. The number of nitrogens with zero attached hydrogens (tertiary/aromatic N) is 1. The van der Waals surface area contributed by atoms with Crippen molar-refractivity contribution in [1.82, 2.24) is 0 Å². The second-order valence-corrected chi connectivity index (χ2v) is 3.72. The van der Waals surface area contributed by atoms with Crippen LogP contribution in [0, 0.1) is 17.1 Å². The molecule has 1 aromatic carbocycles. The Hall–Kier alpha value is -1.40. The zero-order valence-corrected chi connectivity index (χ0v) is 7.76. The molecule has 0 fully saturated rings. The minimum Gasteiger partial charge on any atom is -0.327 e. The van der Waals surface area contributed by atoms with Crippen molar-refractivity contribution in [2.45, 2.75) is 25.3 Å². The number of aryl methyl sites for hydroxylation is 1. The highest BCUT2D eigenvalue weighted by atomic mass is 19.1. The molecule has 2 rings (SSSR count). The van der Waals surface area contributed by atoms with Crippen molar-refractivity contribution in [3.63, 3.8) is 0 Å². The van der Waals surface area contributed by atoms with Gasteiger partial charge in [0.15, 0.2) is 0 Å². The molecule has 1 aliphatic carbocycles. The van der Waals surface area contributed by atoms with Gasteiger partial charge in [-0.15, -0.1) is 0 Å². The average molecular weight is 190 g/mol. The van der Waals surface area contributed by atoms with Crippen LogP contribution < -0.4 is 5.73 Å². The zero-order valence-electron chi connectivity index (χ0n) is 7.76. The van der Waals surface area contributed by atoms with Crippen LogP contribution in [-0.2, 0) is 12.8 Å². The van der Waals surface area contributed by atoms with Crippen LogP contribution in [-0.4, -0.2) is 6.04 Å². The van der Waals surface area contributed by atoms with E-state index in [2.05, 4.69) is 0 Å². The zero-order chi connectivity index (χ0) is 10.1. The molecule has 2 N–H and O–H groups in total. The lowest BCUT2D eigenvalue weighted by Crippen LogP contribution is -2.28. The van der Waals surface area contributed by atoms with E-state index in [1.807, 2.05) is 6.07 Å². The third kappa shape index (κ3) is 1.49. The van der Waals surface area contributed by atoms with Gasteiger partial charge in [0.05, 0.1) is 5.56 Å². The van der Waals surface area contributed by atoms with Crippen molar-refractivity contribution in [3.05, 3.63) is 34.6 Å². The van der Waals surface area contributed by atoms with Crippen molar-refractivity contribution in [3.8, 4) is 6.07 Å².